The zero-order valence-corrected chi connectivity index (χ0v) is 13.4. The second-order valence-corrected chi connectivity index (χ2v) is 6.48. The molecule has 118 valence electrons. The molecule has 0 amide bonds. The maximum Gasteiger partial charge on any atom is 0.239 e. The van der Waals surface area contributed by atoms with E-state index in [4.69, 9.17) is 10.5 Å². The summed E-state index contributed by atoms with van der Waals surface area (Å²) in [5, 5.41) is 3.56. The van der Waals surface area contributed by atoms with Crippen LogP contribution >= 0.6 is 0 Å². The van der Waals surface area contributed by atoms with Gasteiger partial charge in [0.25, 0.3) is 0 Å². The fourth-order valence-corrected chi connectivity index (χ4v) is 2.70. The Bertz CT molecular complexity index is 426. The highest BCUT2D eigenvalue weighted by molar-refractivity contribution is 5.53. The third-order valence-electron chi connectivity index (χ3n) is 3.90. The molecule has 0 aromatic carbocycles. The number of hydrogen-bond donors (Lipinski definition) is 2. The Morgan fingerprint density at radius 1 is 1.19 bits per heavy atom. The smallest absolute Gasteiger partial charge is 0.239 e. The monoisotopic (exact) mass is 291 g/mol. The van der Waals surface area contributed by atoms with E-state index in [1.165, 1.54) is 44.9 Å². The molecule has 4 heteroatoms. The molecule has 0 spiro atoms. The number of pyridine rings is 1. The first-order valence-electron chi connectivity index (χ1n) is 8.31. The number of nitrogens with zero attached hydrogens (tertiary/aromatic N) is 1. The van der Waals surface area contributed by atoms with Gasteiger partial charge in [0.15, 0.2) is 0 Å². The van der Waals surface area contributed by atoms with E-state index in [0.29, 0.717) is 30.1 Å². The first-order chi connectivity index (χ1) is 10.1. The van der Waals surface area contributed by atoms with Gasteiger partial charge in [-0.15, -0.1) is 0 Å². The number of nitrogens with two attached hydrogens (primary N) is 1. The predicted octanol–water partition coefficient (Wildman–Crippen LogP) is 4.22. The highest BCUT2D eigenvalue weighted by Crippen LogP contribution is 2.24. The fraction of sp³-hybridized carbons (Fsp3) is 0.706. The van der Waals surface area contributed by atoms with Gasteiger partial charge in [-0.1, -0.05) is 46.0 Å². The van der Waals surface area contributed by atoms with Crippen molar-refractivity contribution in [1.82, 2.24) is 4.98 Å². The van der Waals surface area contributed by atoms with Crippen LogP contribution in [0.5, 0.6) is 5.88 Å². The number of ether oxygens (including phenoxy) is 1. The van der Waals surface area contributed by atoms with E-state index in [-0.39, 0.29) is 0 Å². The average molecular weight is 291 g/mol. The average Bonchev–Trinajstić information content (AvgIpc) is 2.42. The van der Waals surface area contributed by atoms with E-state index in [1.54, 1.807) is 0 Å². The molecule has 1 aromatic heterocycles. The van der Waals surface area contributed by atoms with E-state index in [1.807, 2.05) is 12.1 Å². The zero-order chi connectivity index (χ0) is 15.1. The van der Waals surface area contributed by atoms with Crippen molar-refractivity contribution >= 4 is 11.5 Å². The Morgan fingerprint density at radius 2 is 1.86 bits per heavy atom. The molecule has 1 heterocycles. The van der Waals surface area contributed by atoms with Crippen molar-refractivity contribution in [3.63, 3.8) is 0 Å². The van der Waals surface area contributed by atoms with Crippen LogP contribution in [0.25, 0.3) is 0 Å². The molecule has 0 bridgehead atoms. The second kappa shape index (κ2) is 8.11. The van der Waals surface area contributed by atoms with Gasteiger partial charge < -0.3 is 15.8 Å². The van der Waals surface area contributed by atoms with Crippen LogP contribution in [0.2, 0.25) is 0 Å². The molecule has 0 radical (unpaired) electrons. The van der Waals surface area contributed by atoms with Crippen LogP contribution in [0.15, 0.2) is 12.1 Å². The molecule has 1 fully saturated rings. The lowest BCUT2D eigenvalue weighted by atomic mass is 9.97. The number of aromatic nitrogens is 1. The van der Waals surface area contributed by atoms with Gasteiger partial charge in [0, 0.05) is 6.04 Å². The van der Waals surface area contributed by atoms with Crippen LogP contribution in [-0.2, 0) is 0 Å². The van der Waals surface area contributed by atoms with Crippen molar-refractivity contribution < 1.29 is 4.74 Å². The molecule has 0 aliphatic heterocycles. The lowest BCUT2D eigenvalue weighted by Gasteiger charge is -2.22. The molecule has 1 aliphatic carbocycles. The minimum absolute atomic E-state index is 0.466. The van der Waals surface area contributed by atoms with Crippen LogP contribution in [0, 0.1) is 5.92 Å². The lowest BCUT2D eigenvalue weighted by Crippen LogP contribution is -2.21. The zero-order valence-electron chi connectivity index (χ0n) is 13.4. The number of nitrogen functional groups attached to an aromatic ring is 1. The maximum atomic E-state index is 5.94. The summed E-state index contributed by atoms with van der Waals surface area (Å²) in [7, 11) is 0. The molecular weight excluding hydrogens is 262 g/mol. The Kier molecular flexibility index (Phi) is 6.15. The molecule has 1 aliphatic rings. The summed E-state index contributed by atoms with van der Waals surface area (Å²) in [6, 6.07) is 4.36. The van der Waals surface area contributed by atoms with Crippen LogP contribution in [0.1, 0.15) is 58.8 Å². The van der Waals surface area contributed by atoms with Crippen molar-refractivity contribution in [2.24, 2.45) is 5.92 Å². The van der Waals surface area contributed by atoms with E-state index >= 15 is 0 Å². The fourth-order valence-electron chi connectivity index (χ4n) is 2.70. The van der Waals surface area contributed by atoms with Gasteiger partial charge in [-0.05, 0) is 30.9 Å². The molecule has 3 N–H and O–H groups in total. The highest BCUT2D eigenvalue weighted by Gasteiger charge is 2.13. The summed E-state index contributed by atoms with van der Waals surface area (Å²) in [5.74, 6) is 1.90. The van der Waals surface area contributed by atoms with Crippen LogP contribution in [-0.4, -0.2) is 17.6 Å². The van der Waals surface area contributed by atoms with Gasteiger partial charge >= 0.3 is 0 Å². The number of rotatable bonds is 5. The SMILES string of the molecule is CC(C)COc1nc(NC2CCCCCCC2)ccc1N. The minimum Gasteiger partial charge on any atom is -0.476 e. The van der Waals surface area contributed by atoms with E-state index in [2.05, 4.69) is 24.1 Å². The van der Waals surface area contributed by atoms with Crippen molar-refractivity contribution in [2.75, 3.05) is 17.7 Å². The molecule has 1 saturated carbocycles. The quantitative estimate of drug-likeness (QED) is 0.852. The van der Waals surface area contributed by atoms with Gasteiger partial charge in [-0.25, -0.2) is 0 Å². The molecule has 4 nitrogen and oxygen atoms in total. The number of anilines is 2. The summed E-state index contributed by atoms with van der Waals surface area (Å²) < 4.78 is 5.70. The Labute approximate surface area is 128 Å². The van der Waals surface area contributed by atoms with E-state index in [9.17, 15) is 0 Å². The summed E-state index contributed by atoms with van der Waals surface area (Å²) in [5.41, 5.74) is 6.55. The largest absolute Gasteiger partial charge is 0.476 e. The van der Waals surface area contributed by atoms with Gasteiger partial charge in [0.1, 0.15) is 5.82 Å². The molecular formula is C17H29N3O. The first-order valence-corrected chi connectivity index (χ1v) is 8.31. The Hall–Kier alpha value is -1.45. The molecule has 0 saturated heterocycles. The molecule has 21 heavy (non-hydrogen) atoms. The lowest BCUT2D eigenvalue weighted by molar-refractivity contribution is 0.263. The molecule has 2 rings (SSSR count). The van der Waals surface area contributed by atoms with Crippen molar-refractivity contribution in [3.05, 3.63) is 12.1 Å². The van der Waals surface area contributed by atoms with Gasteiger partial charge in [0.05, 0.1) is 12.3 Å². The van der Waals surface area contributed by atoms with Crippen LogP contribution in [0.3, 0.4) is 0 Å². The first kappa shape index (κ1) is 15.9. The van der Waals surface area contributed by atoms with Crippen LogP contribution in [0.4, 0.5) is 11.5 Å². The normalized spacial score (nSPS) is 17.3. The van der Waals surface area contributed by atoms with E-state index in [0.717, 1.165) is 5.82 Å². The predicted molar refractivity (Wildman–Crippen MR) is 88.7 cm³/mol. The molecule has 1 aromatic rings. The molecule has 0 atom stereocenters. The van der Waals surface area contributed by atoms with Gasteiger partial charge in [0.2, 0.25) is 5.88 Å². The van der Waals surface area contributed by atoms with Crippen molar-refractivity contribution in [1.29, 1.82) is 0 Å². The Morgan fingerprint density at radius 3 is 2.52 bits per heavy atom. The third-order valence-corrected chi connectivity index (χ3v) is 3.90. The van der Waals surface area contributed by atoms with Crippen molar-refractivity contribution in [2.45, 2.75) is 64.8 Å². The summed E-state index contributed by atoms with van der Waals surface area (Å²) in [6.45, 7) is 4.88. The van der Waals surface area contributed by atoms with Crippen molar-refractivity contribution in [3.8, 4) is 5.88 Å². The standard InChI is InChI=1S/C17H29N3O/c1-13(2)12-21-17-15(18)10-11-16(20-17)19-14-8-6-4-3-5-7-9-14/h10-11,13-14H,3-9,12,18H2,1-2H3,(H,19,20). The van der Waals surface area contributed by atoms with Gasteiger partial charge in [-0.3, -0.25) is 0 Å². The number of hydrogen-bond acceptors (Lipinski definition) is 4. The summed E-state index contributed by atoms with van der Waals surface area (Å²) in [4.78, 5) is 4.53. The maximum absolute atomic E-state index is 5.94. The summed E-state index contributed by atoms with van der Waals surface area (Å²) in [6.07, 6.45) is 9.18. The highest BCUT2D eigenvalue weighted by atomic mass is 16.5. The van der Waals surface area contributed by atoms with E-state index < -0.39 is 0 Å². The topological polar surface area (TPSA) is 60.2 Å². The molecule has 0 unspecified atom stereocenters. The number of nitrogens with one attached hydrogen (secondary N) is 1. The van der Waals surface area contributed by atoms with Gasteiger partial charge in [-0.2, -0.15) is 4.98 Å². The second-order valence-electron chi connectivity index (χ2n) is 6.48. The Balaban J connectivity index is 1.96. The third kappa shape index (κ3) is 5.44. The van der Waals surface area contributed by atoms with Crippen LogP contribution < -0.4 is 15.8 Å². The minimum atomic E-state index is 0.466. The summed E-state index contributed by atoms with van der Waals surface area (Å²) >= 11 is 0.